The van der Waals surface area contributed by atoms with Crippen molar-refractivity contribution in [1.29, 1.82) is 0 Å². The number of rotatable bonds is 33. The molecule has 572 valence electrons. The van der Waals surface area contributed by atoms with Gasteiger partial charge in [0, 0.05) is 41.9 Å². The number of para-hydroxylation sites is 1. The van der Waals surface area contributed by atoms with Gasteiger partial charge in [-0.05, 0) is 31.0 Å². The number of ether oxygens (including phenoxy) is 13. The minimum absolute atomic E-state index is 0.0694. The molecule has 40 heteroatoms. The Balaban J connectivity index is 0.801. The first-order chi connectivity index (χ1) is 49.3. The minimum atomic E-state index is -2.13. The lowest BCUT2D eigenvalue weighted by Crippen LogP contribution is -2.65. The first-order valence-corrected chi connectivity index (χ1v) is 33.1. The van der Waals surface area contributed by atoms with Crippen molar-refractivity contribution >= 4 is 52.7 Å². The summed E-state index contributed by atoms with van der Waals surface area (Å²) in [7, 11) is 0. The van der Waals surface area contributed by atoms with E-state index >= 15 is 0 Å². The molecular weight excluding hydrogens is 1380 g/mol. The average molecular weight is 1470 g/mol. The molecule has 0 spiro atoms. The van der Waals surface area contributed by atoms with Gasteiger partial charge >= 0.3 is 24.1 Å². The molecule has 4 saturated heterocycles. The van der Waals surface area contributed by atoms with Crippen molar-refractivity contribution in [3.05, 3.63) is 63.4 Å². The Morgan fingerprint density at radius 2 is 1.21 bits per heavy atom. The van der Waals surface area contributed by atoms with Gasteiger partial charge in [0.25, 0.3) is 5.56 Å². The number of primary amides is 2. The van der Waals surface area contributed by atoms with Crippen molar-refractivity contribution in [3.8, 4) is 11.4 Å². The first kappa shape index (κ1) is 79.7. The van der Waals surface area contributed by atoms with Crippen molar-refractivity contribution in [2.24, 2.45) is 17.4 Å². The number of amides is 5. The number of carbonyl (C=O) groups excluding carboxylic acids is 7. The predicted molar refractivity (Wildman–Crippen MR) is 337 cm³/mol. The van der Waals surface area contributed by atoms with E-state index in [0.29, 0.717) is 16.9 Å². The Kier molecular flexibility index (Phi) is 27.9. The summed E-state index contributed by atoms with van der Waals surface area (Å²) in [6, 6.07) is 9.19. The number of benzene rings is 1. The Bertz CT molecular complexity index is 3500. The second-order valence-electron chi connectivity index (χ2n) is 25.0. The van der Waals surface area contributed by atoms with E-state index in [1.165, 1.54) is 4.57 Å². The number of aliphatic hydroxyl groups excluding tert-OH is 12. The molecule has 40 nitrogen and oxygen atoms in total. The fraction of sp³-hybridized carbons (Fsp3) is 0.667. The number of carbonyl (C=O) groups is 7. The van der Waals surface area contributed by atoms with Crippen molar-refractivity contribution in [2.45, 2.75) is 180 Å². The van der Waals surface area contributed by atoms with Crippen molar-refractivity contribution in [3.63, 3.8) is 0 Å². The van der Waals surface area contributed by atoms with Gasteiger partial charge in [0.2, 0.25) is 23.3 Å². The van der Waals surface area contributed by atoms with E-state index in [0.717, 1.165) is 10.9 Å². The van der Waals surface area contributed by atoms with Crippen LogP contribution >= 0.6 is 0 Å². The van der Waals surface area contributed by atoms with E-state index in [1.54, 1.807) is 19.1 Å². The monoisotopic (exact) mass is 1470 g/mol. The lowest BCUT2D eigenvalue weighted by molar-refractivity contribution is -0.367. The van der Waals surface area contributed by atoms with Gasteiger partial charge in [-0.2, -0.15) is 0 Å². The quantitative estimate of drug-likeness (QED) is 0.0120. The van der Waals surface area contributed by atoms with Crippen LogP contribution in [0.4, 0.5) is 9.59 Å². The highest BCUT2D eigenvalue weighted by Gasteiger charge is 2.55. The molecule has 6 aliphatic rings. The molecule has 5 amide bonds. The zero-order valence-electron chi connectivity index (χ0n) is 55.5. The summed E-state index contributed by atoms with van der Waals surface area (Å²) in [5.41, 5.74) is 10.0. The molecule has 1 unspecified atom stereocenters. The lowest BCUT2D eigenvalue weighted by atomic mass is 9.83. The largest absolute Gasteiger partial charge is 0.457 e. The maximum Gasteiger partial charge on any atom is 0.404 e. The zero-order chi connectivity index (χ0) is 74.6. The van der Waals surface area contributed by atoms with Gasteiger partial charge in [-0.1, -0.05) is 25.1 Å². The number of nitrogens with two attached hydrogens (primary N) is 2. The number of fused-ring (bicyclic) bond motifs is 5. The summed E-state index contributed by atoms with van der Waals surface area (Å²) in [4.78, 5) is 111. The molecule has 0 radical (unpaired) electrons. The maximum atomic E-state index is 14.1. The highest BCUT2D eigenvalue weighted by molar-refractivity contribution is 5.93. The summed E-state index contributed by atoms with van der Waals surface area (Å²) < 4.78 is 73.5. The van der Waals surface area contributed by atoms with E-state index < -0.39 is 240 Å². The maximum absolute atomic E-state index is 14.1. The van der Waals surface area contributed by atoms with Crippen LogP contribution in [0.2, 0.25) is 0 Å². The van der Waals surface area contributed by atoms with E-state index in [1.807, 2.05) is 24.3 Å². The molecule has 9 rings (SSSR count). The fourth-order valence-electron chi connectivity index (χ4n) is 12.9. The first-order valence-electron chi connectivity index (χ1n) is 33.1. The molecule has 0 bridgehead atoms. The smallest absolute Gasteiger partial charge is 0.404 e. The highest BCUT2D eigenvalue weighted by atomic mass is 16.8. The third-order valence-corrected chi connectivity index (χ3v) is 18.3. The standard InChI is InChI=1S/C63H87N7O33/c1-2-63(31-19-34-43-28(17-27-5-3-4-6-32(27)69-43)21-70(34)56(87)30(31)26-95-60(63)88)103-42(77)8-7-40(75)68-33(55(86)67-10-12-92-14-16-94-59-54(50(84)46(80)37(23-72)99-59)100-58-51(85)53(102-62(65)90)49(83)39(25-74)98-58)20-41(76)66-9-11-91-13-15-93-57-29(44(78)45(79)36(22-71)97-57)18-35-47(81)52(101-61(64)89)48(82)38(24-73)96-35/h3-6,17,19,29,33,35-39,44-54,57-59,71-74,78-85H,2,7-16,18,20-26H2,1H3,(H2,64,89)(H2,65,90)(H,66,76)(H,67,86)(H,68,75)/t29-,33?,35+,36-,37-,38+,39+,44+,45+,46+,47+,48+,49+,50-,51-,52+,53-,54-,57-,58+,59-,63-/m0/s1. The molecule has 22 atom stereocenters. The van der Waals surface area contributed by atoms with Crippen LogP contribution in [0, 0.1) is 5.92 Å². The Morgan fingerprint density at radius 1 is 0.641 bits per heavy atom. The average Bonchev–Trinajstić information content (AvgIpc) is 1.67. The lowest BCUT2D eigenvalue weighted by Gasteiger charge is -2.46. The third kappa shape index (κ3) is 18.5. The Morgan fingerprint density at radius 3 is 1.85 bits per heavy atom. The minimum Gasteiger partial charge on any atom is -0.457 e. The number of hydrogen-bond acceptors (Lipinski definition) is 34. The van der Waals surface area contributed by atoms with Gasteiger partial charge in [-0.15, -0.1) is 0 Å². The van der Waals surface area contributed by atoms with Crippen molar-refractivity contribution in [1.82, 2.24) is 25.5 Å². The molecule has 0 saturated carbocycles. The summed E-state index contributed by atoms with van der Waals surface area (Å²) in [5.74, 6) is -5.96. The molecule has 3 aromatic rings. The summed E-state index contributed by atoms with van der Waals surface area (Å²) in [6.07, 6.45) is -37.0. The Hall–Kier alpha value is -7.37. The normalized spacial score (nSPS) is 32.0. The van der Waals surface area contributed by atoms with Gasteiger partial charge in [-0.25, -0.2) is 19.4 Å². The van der Waals surface area contributed by atoms with Crippen molar-refractivity contribution in [2.75, 3.05) is 79.2 Å². The van der Waals surface area contributed by atoms with Crippen molar-refractivity contribution < 1.29 is 156 Å². The van der Waals surface area contributed by atoms with E-state index in [9.17, 15) is 99.6 Å². The molecule has 4 fully saturated rings. The number of cyclic esters (lactones) is 1. The number of esters is 2. The summed E-state index contributed by atoms with van der Waals surface area (Å²) in [5, 5.41) is 134. The molecular formula is C63H87N7O33. The molecule has 2 aromatic heterocycles. The fourth-order valence-corrected chi connectivity index (χ4v) is 12.9. The number of pyridine rings is 2. The molecule has 19 N–H and O–H groups in total. The van der Waals surface area contributed by atoms with Crippen LogP contribution < -0.4 is 33.0 Å². The SMILES string of the molecule is CC[C@@]1(OC(=O)CCC(=O)NC(CC(=O)NCCOCCO[C@H]2O[C@@H](CO)[C@@H](O)[C@H](O)[C@@H]2C[C@H]2O[C@H](CO)[C@@H](O)[C@H](OC(N)=O)[C@@H]2O)C(=O)NCCOCCO[C@H]2O[C@@H](CO)[C@@H](O)[C@H](O)[C@@H]2O[C@H]2O[C@H](CO)[C@@H](O)[C@H](OC(N)=O)[C@@H]2O)C(=O)OCc2c1cc1n(c2=O)Cc2cc3ccccc3nc2-1. The van der Waals surface area contributed by atoms with Crippen LogP contribution in [-0.2, 0) is 104 Å². The second-order valence-corrected chi connectivity index (χ2v) is 25.0. The van der Waals surface area contributed by atoms with E-state index in [2.05, 4.69) is 16.0 Å². The number of nitrogens with zero attached hydrogens (tertiary/aromatic N) is 2. The van der Waals surface area contributed by atoms with Gasteiger partial charge < -0.3 is 155 Å². The van der Waals surface area contributed by atoms with Gasteiger partial charge in [0.15, 0.2) is 31.1 Å². The zero-order valence-corrected chi connectivity index (χ0v) is 55.5. The van der Waals surface area contributed by atoms with Crippen LogP contribution in [0.3, 0.4) is 0 Å². The molecule has 103 heavy (non-hydrogen) atoms. The number of aromatic nitrogens is 2. The van der Waals surface area contributed by atoms with Crippen LogP contribution in [0.5, 0.6) is 0 Å². The molecule has 0 aliphatic carbocycles. The molecule has 1 aromatic carbocycles. The molecule has 8 heterocycles. The summed E-state index contributed by atoms with van der Waals surface area (Å²) in [6.45, 7) is -4.09. The van der Waals surface area contributed by atoms with Gasteiger partial charge in [0.05, 0.1) is 120 Å². The topological polar surface area (TPSA) is 605 Å². The van der Waals surface area contributed by atoms with Crippen LogP contribution in [0.15, 0.2) is 41.2 Å². The van der Waals surface area contributed by atoms with Crippen LogP contribution in [-0.4, -0.2) is 314 Å². The Labute approximate surface area is 584 Å². The third-order valence-electron chi connectivity index (χ3n) is 18.3. The van der Waals surface area contributed by atoms with Gasteiger partial charge in [0.1, 0.15) is 85.9 Å². The predicted octanol–water partition coefficient (Wildman–Crippen LogP) is -8.30. The summed E-state index contributed by atoms with van der Waals surface area (Å²) >= 11 is 0. The van der Waals surface area contributed by atoms with Crippen LogP contribution in [0.25, 0.3) is 22.3 Å². The van der Waals surface area contributed by atoms with Gasteiger partial charge in [-0.3, -0.25) is 24.0 Å². The number of hydrogen-bond donors (Lipinski definition) is 17. The number of aliphatic hydroxyl groups is 12. The molecule has 6 aliphatic heterocycles. The number of nitrogens with one attached hydrogen (secondary N) is 3. The highest BCUT2D eigenvalue weighted by Crippen LogP contribution is 2.42. The van der Waals surface area contributed by atoms with Crippen LogP contribution in [0.1, 0.15) is 55.7 Å². The van der Waals surface area contributed by atoms with E-state index in [4.69, 9.17) is 78.0 Å². The second kappa shape index (κ2) is 36.1. The van der Waals surface area contributed by atoms with E-state index in [-0.39, 0.29) is 76.8 Å².